The van der Waals surface area contributed by atoms with Crippen LogP contribution in [0.15, 0.2) is 24.3 Å². The average Bonchev–Trinajstić information content (AvgIpc) is 3.20. The summed E-state index contributed by atoms with van der Waals surface area (Å²) in [7, 11) is 0. The summed E-state index contributed by atoms with van der Waals surface area (Å²) in [6, 6.07) is 5.40. The van der Waals surface area contributed by atoms with E-state index in [-0.39, 0.29) is 30.8 Å². The van der Waals surface area contributed by atoms with Gasteiger partial charge in [-0.2, -0.15) is 0 Å². The quantitative estimate of drug-likeness (QED) is 0.487. The molecule has 1 saturated heterocycles. The lowest BCUT2D eigenvalue weighted by Gasteiger charge is -2.30. The Morgan fingerprint density at radius 1 is 1.19 bits per heavy atom. The maximum absolute atomic E-state index is 13.1. The SMILES string of the molecule is O=CC(C[C@@H]1CCNC1=O)NC(=O)[C@@H](NC(=O)OCc1cccc(Cl)c1)C1CCCCC1. The number of carbonyl (C=O) groups excluding carboxylic acids is 4. The zero-order chi connectivity index (χ0) is 22.9. The number of nitrogens with one attached hydrogen (secondary N) is 3. The number of halogens is 1. The summed E-state index contributed by atoms with van der Waals surface area (Å²) in [5.74, 6) is -0.858. The van der Waals surface area contributed by atoms with Crippen molar-refractivity contribution in [2.75, 3.05) is 6.54 Å². The van der Waals surface area contributed by atoms with Gasteiger partial charge in [0.15, 0.2) is 0 Å². The van der Waals surface area contributed by atoms with Gasteiger partial charge < -0.3 is 25.5 Å². The second-order valence-corrected chi connectivity index (χ2v) is 8.93. The molecule has 1 heterocycles. The van der Waals surface area contributed by atoms with Crippen molar-refractivity contribution in [2.45, 2.75) is 63.6 Å². The van der Waals surface area contributed by atoms with Gasteiger partial charge in [-0.05, 0) is 49.3 Å². The molecule has 0 radical (unpaired) electrons. The number of aldehydes is 1. The van der Waals surface area contributed by atoms with E-state index >= 15 is 0 Å². The van der Waals surface area contributed by atoms with Crippen molar-refractivity contribution in [3.05, 3.63) is 34.9 Å². The summed E-state index contributed by atoms with van der Waals surface area (Å²) in [6.45, 7) is 0.604. The summed E-state index contributed by atoms with van der Waals surface area (Å²) in [4.78, 5) is 48.9. The van der Waals surface area contributed by atoms with E-state index in [1.54, 1.807) is 24.3 Å². The van der Waals surface area contributed by atoms with Crippen LogP contribution in [-0.2, 0) is 25.7 Å². The molecule has 1 aromatic carbocycles. The second-order valence-electron chi connectivity index (χ2n) is 8.49. The Bertz CT molecular complexity index is 828. The highest BCUT2D eigenvalue weighted by Crippen LogP contribution is 2.27. The van der Waals surface area contributed by atoms with Gasteiger partial charge in [-0.3, -0.25) is 9.59 Å². The molecule has 3 atom stereocenters. The first kappa shape index (κ1) is 24.0. The highest BCUT2D eigenvalue weighted by atomic mass is 35.5. The molecule has 2 aliphatic rings. The van der Waals surface area contributed by atoms with Crippen LogP contribution in [0.25, 0.3) is 0 Å². The van der Waals surface area contributed by atoms with E-state index in [1.165, 1.54) is 0 Å². The number of rotatable bonds is 9. The van der Waals surface area contributed by atoms with E-state index in [0.717, 1.165) is 37.7 Å². The molecule has 1 unspecified atom stereocenters. The number of hydrogen-bond acceptors (Lipinski definition) is 5. The highest BCUT2D eigenvalue weighted by Gasteiger charge is 2.34. The van der Waals surface area contributed by atoms with Crippen molar-refractivity contribution in [2.24, 2.45) is 11.8 Å². The lowest BCUT2D eigenvalue weighted by molar-refractivity contribution is -0.128. The van der Waals surface area contributed by atoms with Crippen molar-refractivity contribution in [3.63, 3.8) is 0 Å². The maximum atomic E-state index is 13.1. The number of carbonyl (C=O) groups is 4. The van der Waals surface area contributed by atoms with Crippen molar-refractivity contribution < 1.29 is 23.9 Å². The van der Waals surface area contributed by atoms with Crippen LogP contribution in [0, 0.1) is 11.8 Å². The van der Waals surface area contributed by atoms with Gasteiger partial charge >= 0.3 is 6.09 Å². The van der Waals surface area contributed by atoms with Gasteiger partial charge in [-0.1, -0.05) is 43.0 Å². The van der Waals surface area contributed by atoms with Crippen LogP contribution in [-0.4, -0.2) is 42.8 Å². The number of ether oxygens (including phenoxy) is 1. The van der Waals surface area contributed by atoms with Crippen LogP contribution in [0.1, 0.15) is 50.5 Å². The number of alkyl carbamates (subject to hydrolysis) is 1. The van der Waals surface area contributed by atoms with Crippen molar-refractivity contribution in [1.29, 1.82) is 0 Å². The zero-order valence-electron chi connectivity index (χ0n) is 18.0. The fourth-order valence-electron chi connectivity index (χ4n) is 4.41. The third-order valence-corrected chi connectivity index (χ3v) is 6.36. The minimum absolute atomic E-state index is 0.0269. The van der Waals surface area contributed by atoms with E-state index < -0.39 is 24.1 Å². The van der Waals surface area contributed by atoms with Gasteiger partial charge in [0.2, 0.25) is 11.8 Å². The number of amides is 3. The van der Waals surface area contributed by atoms with E-state index in [4.69, 9.17) is 16.3 Å². The normalized spacial score (nSPS) is 20.7. The average molecular weight is 464 g/mol. The molecule has 3 amide bonds. The minimum atomic E-state index is -0.804. The summed E-state index contributed by atoms with van der Waals surface area (Å²) in [5.41, 5.74) is 0.738. The molecule has 0 spiro atoms. The molecule has 0 bridgehead atoms. The van der Waals surface area contributed by atoms with Gasteiger partial charge in [-0.25, -0.2) is 4.79 Å². The Morgan fingerprint density at radius 3 is 2.62 bits per heavy atom. The second kappa shape index (κ2) is 11.9. The minimum Gasteiger partial charge on any atom is -0.445 e. The van der Waals surface area contributed by atoms with E-state index in [9.17, 15) is 19.2 Å². The molecule has 9 heteroatoms. The first-order valence-electron chi connectivity index (χ1n) is 11.2. The molecule has 32 heavy (non-hydrogen) atoms. The summed E-state index contributed by atoms with van der Waals surface area (Å²) < 4.78 is 5.30. The molecule has 3 rings (SSSR count). The predicted molar refractivity (Wildman–Crippen MR) is 119 cm³/mol. The molecule has 1 aromatic rings. The molecule has 1 aliphatic carbocycles. The van der Waals surface area contributed by atoms with E-state index in [2.05, 4.69) is 16.0 Å². The lowest BCUT2D eigenvalue weighted by Crippen LogP contribution is -2.54. The fourth-order valence-corrected chi connectivity index (χ4v) is 4.62. The molecule has 0 aromatic heterocycles. The third-order valence-electron chi connectivity index (χ3n) is 6.13. The van der Waals surface area contributed by atoms with Crippen LogP contribution < -0.4 is 16.0 Å². The van der Waals surface area contributed by atoms with Gasteiger partial charge in [-0.15, -0.1) is 0 Å². The summed E-state index contributed by atoms with van der Waals surface area (Å²) in [5, 5.41) is 8.70. The summed E-state index contributed by atoms with van der Waals surface area (Å²) in [6.07, 6.45) is 5.51. The topological polar surface area (TPSA) is 114 Å². The molecule has 2 fully saturated rings. The number of hydrogen-bond donors (Lipinski definition) is 3. The Balaban J connectivity index is 1.60. The first-order chi connectivity index (χ1) is 15.5. The molecule has 174 valence electrons. The van der Waals surface area contributed by atoms with Crippen LogP contribution in [0.2, 0.25) is 5.02 Å². The molecule has 8 nitrogen and oxygen atoms in total. The Hall–Kier alpha value is -2.61. The van der Waals surface area contributed by atoms with E-state index in [1.807, 2.05) is 0 Å². The first-order valence-corrected chi connectivity index (χ1v) is 11.5. The van der Waals surface area contributed by atoms with Crippen molar-refractivity contribution in [1.82, 2.24) is 16.0 Å². The third kappa shape index (κ3) is 6.95. The summed E-state index contributed by atoms with van der Waals surface area (Å²) >= 11 is 5.96. The lowest BCUT2D eigenvalue weighted by atomic mass is 9.83. The van der Waals surface area contributed by atoms with Gasteiger partial charge in [0, 0.05) is 17.5 Å². The number of benzene rings is 1. The van der Waals surface area contributed by atoms with Crippen LogP contribution in [0.3, 0.4) is 0 Å². The predicted octanol–water partition coefficient (Wildman–Crippen LogP) is 2.73. The van der Waals surface area contributed by atoms with Gasteiger partial charge in [0.1, 0.15) is 18.9 Å². The zero-order valence-corrected chi connectivity index (χ0v) is 18.7. The molecule has 3 N–H and O–H groups in total. The van der Waals surface area contributed by atoms with Crippen molar-refractivity contribution >= 4 is 35.8 Å². The highest BCUT2D eigenvalue weighted by molar-refractivity contribution is 6.30. The monoisotopic (exact) mass is 463 g/mol. The molecular formula is C23H30ClN3O5. The Morgan fingerprint density at radius 2 is 1.97 bits per heavy atom. The smallest absolute Gasteiger partial charge is 0.408 e. The van der Waals surface area contributed by atoms with Crippen LogP contribution >= 0.6 is 11.6 Å². The largest absolute Gasteiger partial charge is 0.445 e. The fraction of sp³-hybridized carbons (Fsp3) is 0.565. The maximum Gasteiger partial charge on any atom is 0.408 e. The van der Waals surface area contributed by atoms with Crippen LogP contribution in [0.4, 0.5) is 4.79 Å². The van der Waals surface area contributed by atoms with E-state index in [0.29, 0.717) is 24.3 Å². The Kier molecular flexibility index (Phi) is 8.90. The Labute approximate surface area is 192 Å². The molecule has 1 saturated carbocycles. The molecular weight excluding hydrogens is 434 g/mol. The molecule has 1 aliphatic heterocycles. The van der Waals surface area contributed by atoms with Crippen molar-refractivity contribution in [3.8, 4) is 0 Å². The standard InChI is InChI=1S/C23H30ClN3O5/c24-18-8-4-5-15(11-18)14-32-23(31)27-20(16-6-2-1-3-7-16)22(30)26-19(13-28)12-17-9-10-25-21(17)29/h4-5,8,11,13,16-17,19-20H,1-3,6-7,9-10,12,14H2,(H,25,29)(H,26,30)(H,27,31)/t17-,19?,20-/m0/s1. The van der Waals surface area contributed by atoms with Crippen LogP contribution in [0.5, 0.6) is 0 Å². The van der Waals surface area contributed by atoms with Gasteiger partial charge in [0.05, 0.1) is 6.04 Å². The van der Waals surface area contributed by atoms with Gasteiger partial charge in [0.25, 0.3) is 0 Å².